The summed E-state index contributed by atoms with van der Waals surface area (Å²) in [5.74, 6) is -1.30. The summed E-state index contributed by atoms with van der Waals surface area (Å²) in [6.07, 6.45) is 2.30. The molecule has 0 aromatic carbocycles. The van der Waals surface area contributed by atoms with Crippen LogP contribution in [0.2, 0.25) is 0 Å². The van der Waals surface area contributed by atoms with E-state index < -0.39 is 17.1 Å². The van der Waals surface area contributed by atoms with E-state index >= 15 is 0 Å². The first-order valence-corrected chi connectivity index (χ1v) is 4.90. The van der Waals surface area contributed by atoms with E-state index in [0.29, 0.717) is 6.54 Å². The summed E-state index contributed by atoms with van der Waals surface area (Å²) < 4.78 is 1.49. The van der Waals surface area contributed by atoms with Crippen molar-refractivity contribution in [3.63, 3.8) is 0 Å². The Morgan fingerprint density at radius 1 is 1.53 bits per heavy atom. The van der Waals surface area contributed by atoms with Gasteiger partial charge in [-0.3, -0.25) is 9.78 Å². The molecule has 0 saturated heterocycles. The average molecular weight is 235 g/mol. The van der Waals surface area contributed by atoms with Gasteiger partial charge in [0.05, 0.1) is 5.39 Å². The zero-order valence-electron chi connectivity index (χ0n) is 8.93. The summed E-state index contributed by atoms with van der Waals surface area (Å²) in [5, 5.41) is 8.98. The number of aromatic carboxylic acids is 1. The van der Waals surface area contributed by atoms with Gasteiger partial charge in [-0.1, -0.05) is 0 Å². The molecule has 0 fully saturated rings. The molecule has 0 radical (unpaired) electrons. The lowest BCUT2D eigenvalue weighted by Gasteiger charge is -2.08. The van der Waals surface area contributed by atoms with Crippen LogP contribution in [0.25, 0.3) is 11.0 Å². The zero-order valence-corrected chi connectivity index (χ0v) is 8.93. The highest BCUT2D eigenvalue weighted by Crippen LogP contribution is 2.06. The lowest BCUT2D eigenvalue weighted by molar-refractivity contribution is 0.0695. The number of H-pyrrole nitrogens is 1. The van der Waals surface area contributed by atoms with E-state index in [0.717, 1.165) is 6.20 Å². The standard InChI is InChI=1S/C10H9N3O4/c1-2-13-4-6(9(15)16)7(14)5-3-11-10(17)12-8(5)13/h3-4H,2H2,1H3,(H,15,16)(H,11,12,17). The van der Waals surface area contributed by atoms with Crippen molar-refractivity contribution >= 4 is 17.0 Å². The van der Waals surface area contributed by atoms with Crippen LogP contribution in [0.15, 0.2) is 22.0 Å². The van der Waals surface area contributed by atoms with Crippen molar-refractivity contribution < 1.29 is 9.90 Å². The van der Waals surface area contributed by atoms with Crippen LogP contribution in [0.5, 0.6) is 0 Å². The summed E-state index contributed by atoms with van der Waals surface area (Å²) in [4.78, 5) is 39.6. The Morgan fingerprint density at radius 3 is 2.82 bits per heavy atom. The minimum atomic E-state index is -1.30. The van der Waals surface area contributed by atoms with Crippen molar-refractivity contribution in [2.75, 3.05) is 0 Å². The topological polar surface area (TPSA) is 105 Å². The number of hydrogen-bond acceptors (Lipinski definition) is 4. The van der Waals surface area contributed by atoms with Gasteiger partial charge in [-0.25, -0.2) is 14.6 Å². The SMILES string of the molecule is CCn1cc(C(=O)O)c(=O)c2cnc(=O)[nH]c21. The fourth-order valence-corrected chi connectivity index (χ4v) is 1.60. The maximum Gasteiger partial charge on any atom is 0.346 e. The van der Waals surface area contributed by atoms with E-state index in [1.54, 1.807) is 6.92 Å². The van der Waals surface area contributed by atoms with Gasteiger partial charge >= 0.3 is 11.7 Å². The molecule has 0 unspecified atom stereocenters. The molecule has 0 aliphatic heterocycles. The number of aromatic nitrogens is 3. The molecule has 7 nitrogen and oxygen atoms in total. The molecular formula is C10H9N3O4. The van der Waals surface area contributed by atoms with Crippen molar-refractivity contribution in [1.29, 1.82) is 0 Å². The average Bonchev–Trinajstić information content (AvgIpc) is 2.29. The molecule has 7 heteroatoms. The van der Waals surface area contributed by atoms with E-state index in [1.807, 2.05) is 0 Å². The van der Waals surface area contributed by atoms with E-state index in [-0.39, 0.29) is 16.6 Å². The highest BCUT2D eigenvalue weighted by atomic mass is 16.4. The number of fused-ring (bicyclic) bond motifs is 1. The van der Waals surface area contributed by atoms with Gasteiger partial charge in [0.2, 0.25) is 5.43 Å². The number of nitrogens with one attached hydrogen (secondary N) is 1. The predicted octanol–water partition coefficient (Wildman–Crippen LogP) is -0.197. The number of carbonyl (C=O) groups is 1. The first kappa shape index (κ1) is 11.1. The molecule has 0 bridgehead atoms. The molecule has 2 heterocycles. The summed E-state index contributed by atoms with van der Waals surface area (Å²) in [6, 6.07) is 0. The Labute approximate surface area is 94.4 Å². The number of hydrogen-bond donors (Lipinski definition) is 2. The monoisotopic (exact) mass is 235 g/mol. The molecule has 2 rings (SSSR count). The molecule has 2 aromatic rings. The number of aryl methyl sites for hydroxylation is 1. The minimum absolute atomic E-state index is 0.0892. The van der Waals surface area contributed by atoms with E-state index in [9.17, 15) is 14.4 Å². The zero-order chi connectivity index (χ0) is 12.6. The number of carboxylic acid groups (broad SMARTS) is 1. The predicted molar refractivity (Wildman–Crippen MR) is 59.3 cm³/mol. The smallest absolute Gasteiger partial charge is 0.346 e. The van der Waals surface area contributed by atoms with Crippen LogP contribution in [0.3, 0.4) is 0 Å². The number of pyridine rings is 1. The lowest BCUT2D eigenvalue weighted by Crippen LogP contribution is -2.22. The molecule has 0 aliphatic carbocycles. The Bertz CT molecular complexity index is 714. The Kier molecular flexibility index (Phi) is 2.51. The van der Waals surface area contributed by atoms with Gasteiger partial charge in [0.1, 0.15) is 11.2 Å². The van der Waals surface area contributed by atoms with Gasteiger partial charge in [-0.05, 0) is 6.92 Å². The van der Waals surface area contributed by atoms with Crippen LogP contribution >= 0.6 is 0 Å². The normalized spacial score (nSPS) is 10.6. The molecule has 2 aromatic heterocycles. The quantitative estimate of drug-likeness (QED) is 0.750. The molecular weight excluding hydrogens is 226 g/mol. The van der Waals surface area contributed by atoms with Crippen molar-refractivity contribution in [2.45, 2.75) is 13.5 Å². The molecule has 17 heavy (non-hydrogen) atoms. The Morgan fingerprint density at radius 2 is 2.24 bits per heavy atom. The Hall–Kier alpha value is -2.44. The summed E-state index contributed by atoms with van der Waals surface area (Å²) in [6.45, 7) is 2.20. The maximum atomic E-state index is 11.8. The second-order valence-corrected chi connectivity index (χ2v) is 3.41. The molecule has 0 saturated carbocycles. The van der Waals surface area contributed by atoms with E-state index in [4.69, 9.17) is 5.11 Å². The summed E-state index contributed by atoms with van der Waals surface area (Å²) in [7, 11) is 0. The van der Waals surface area contributed by atoms with Gasteiger partial charge in [0.15, 0.2) is 0 Å². The lowest BCUT2D eigenvalue weighted by atomic mass is 10.2. The molecule has 0 atom stereocenters. The van der Waals surface area contributed by atoms with Crippen molar-refractivity contribution in [2.24, 2.45) is 0 Å². The van der Waals surface area contributed by atoms with Crippen molar-refractivity contribution in [1.82, 2.24) is 14.5 Å². The Balaban J connectivity index is 3.00. The molecule has 0 amide bonds. The maximum absolute atomic E-state index is 11.8. The van der Waals surface area contributed by atoms with Gasteiger partial charge in [-0.15, -0.1) is 0 Å². The largest absolute Gasteiger partial charge is 0.477 e. The molecule has 0 aliphatic rings. The van der Waals surface area contributed by atoms with Crippen LogP contribution in [-0.2, 0) is 6.54 Å². The first-order valence-electron chi connectivity index (χ1n) is 4.90. The van der Waals surface area contributed by atoms with Crippen LogP contribution < -0.4 is 11.1 Å². The second kappa shape index (κ2) is 3.85. The summed E-state index contributed by atoms with van der Waals surface area (Å²) in [5.41, 5.74) is -1.29. The van der Waals surface area contributed by atoms with Crippen LogP contribution in [-0.4, -0.2) is 25.6 Å². The van der Waals surface area contributed by atoms with Gasteiger partial charge < -0.3 is 9.67 Å². The van der Waals surface area contributed by atoms with Crippen LogP contribution in [0.4, 0.5) is 0 Å². The minimum Gasteiger partial charge on any atom is -0.477 e. The van der Waals surface area contributed by atoms with Crippen molar-refractivity contribution in [3.8, 4) is 0 Å². The number of nitrogens with zero attached hydrogens (tertiary/aromatic N) is 2. The molecule has 0 spiro atoms. The third-order valence-corrected chi connectivity index (χ3v) is 2.42. The van der Waals surface area contributed by atoms with Gasteiger partial charge in [0, 0.05) is 18.9 Å². The van der Waals surface area contributed by atoms with Crippen molar-refractivity contribution in [3.05, 3.63) is 38.7 Å². The molecule has 2 N–H and O–H groups in total. The highest BCUT2D eigenvalue weighted by molar-refractivity contribution is 5.91. The second-order valence-electron chi connectivity index (χ2n) is 3.41. The number of aromatic amines is 1. The highest BCUT2D eigenvalue weighted by Gasteiger charge is 2.14. The number of rotatable bonds is 2. The number of carboxylic acids is 1. The van der Waals surface area contributed by atoms with Gasteiger partial charge in [-0.2, -0.15) is 0 Å². The van der Waals surface area contributed by atoms with E-state index in [1.165, 1.54) is 10.8 Å². The third kappa shape index (κ3) is 1.71. The summed E-state index contributed by atoms with van der Waals surface area (Å²) >= 11 is 0. The first-order chi connectivity index (χ1) is 8.04. The van der Waals surface area contributed by atoms with Gasteiger partial charge in [0.25, 0.3) is 0 Å². The fraction of sp³-hybridized carbons (Fsp3) is 0.200. The fourth-order valence-electron chi connectivity index (χ4n) is 1.60. The van der Waals surface area contributed by atoms with E-state index in [2.05, 4.69) is 9.97 Å². The third-order valence-electron chi connectivity index (χ3n) is 2.42. The van der Waals surface area contributed by atoms with Crippen LogP contribution in [0.1, 0.15) is 17.3 Å². The van der Waals surface area contributed by atoms with Crippen LogP contribution in [0, 0.1) is 0 Å². The molecule has 88 valence electrons.